The highest BCUT2D eigenvalue weighted by molar-refractivity contribution is 5.02. The molecular formula is C12H24. The van der Waals surface area contributed by atoms with Crippen LogP contribution in [-0.2, 0) is 0 Å². The maximum Gasteiger partial charge on any atom is -0.0263 e. The lowest BCUT2D eigenvalue weighted by molar-refractivity contribution is 0.355. The van der Waals surface area contributed by atoms with E-state index in [4.69, 9.17) is 0 Å². The first-order valence-corrected chi connectivity index (χ1v) is 5.05. The van der Waals surface area contributed by atoms with Crippen LogP contribution in [0.1, 0.15) is 54.4 Å². The molecule has 72 valence electrons. The minimum Gasteiger partial charge on any atom is -0.0848 e. The molecule has 0 fully saturated rings. The van der Waals surface area contributed by atoms with Crippen molar-refractivity contribution in [1.82, 2.24) is 0 Å². The van der Waals surface area contributed by atoms with Gasteiger partial charge in [-0.1, -0.05) is 52.7 Å². The molecule has 0 heteroatoms. The molecule has 0 rings (SSSR count). The fraction of sp³-hybridized carbons (Fsp3) is 0.833. The van der Waals surface area contributed by atoms with Gasteiger partial charge in [0.05, 0.1) is 0 Å². The van der Waals surface area contributed by atoms with E-state index >= 15 is 0 Å². The van der Waals surface area contributed by atoms with Crippen molar-refractivity contribution in [3.05, 3.63) is 11.6 Å². The maximum absolute atomic E-state index is 2.40. The van der Waals surface area contributed by atoms with Gasteiger partial charge >= 0.3 is 0 Å². The molecule has 0 saturated heterocycles. The summed E-state index contributed by atoms with van der Waals surface area (Å²) >= 11 is 0. The van der Waals surface area contributed by atoms with Gasteiger partial charge in [0.2, 0.25) is 0 Å². The second kappa shape index (κ2) is 4.69. The van der Waals surface area contributed by atoms with Crippen LogP contribution in [0.2, 0.25) is 0 Å². The van der Waals surface area contributed by atoms with Crippen molar-refractivity contribution in [1.29, 1.82) is 0 Å². The first kappa shape index (κ1) is 11.7. The molecule has 0 aromatic rings. The van der Waals surface area contributed by atoms with Gasteiger partial charge < -0.3 is 0 Å². The van der Waals surface area contributed by atoms with Gasteiger partial charge in [-0.3, -0.25) is 0 Å². The van der Waals surface area contributed by atoms with Crippen LogP contribution in [0, 0.1) is 11.3 Å². The molecular weight excluding hydrogens is 144 g/mol. The normalized spacial score (nSPS) is 14.1. The Kier molecular flexibility index (Phi) is 4.59. The largest absolute Gasteiger partial charge is 0.0848 e. The highest BCUT2D eigenvalue weighted by atomic mass is 14.2. The molecule has 0 aromatic heterocycles. The molecule has 12 heavy (non-hydrogen) atoms. The Morgan fingerprint density at radius 2 is 1.83 bits per heavy atom. The van der Waals surface area contributed by atoms with Crippen molar-refractivity contribution < 1.29 is 0 Å². The molecule has 0 atom stereocenters. The third-order valence-corrected chi connectivity index (χ3v) is 2.84. The lowest BCUT2D eigenvalue weighted by Crippen LogP contribution is -2.08. The Bertz CT molecular complexity index is 149. The molecule has 0 bridgehead atoms. The predicted molar refractivity (Wildman–Crippen MR) is 57.3 cm³/mol. The number of rotatable bonds is 4. The summed E-state index contributed by atoms with van der Waals surface area (Å²) in [5.41, 5.74) is 2.01. The summed E-state index contributed by atoms with van der Waals surface area (Å²) in [4.78, 5) is 0. The monoisotopic (exact) mass is 168 g/mol. The molecule has 0 saturated carbocycles. The van der Waals surface area contributed by atoms with E-state index in [2.05, 4.69) is 47.6 Å². The molecule has 0 heterocycles. The second-order valence-corrected chi connectivity index (χ2v) is 4.82. The molecule has 0 nitrogen and oxygen atoms in total. The van der Waals surface area contributed by atoms with E-state index in [1.165, 1.54) is 18.4 Å². The molecule has 0 aromatic carbocycles. The van der Waals surface area contributed by atoms with Gasteiger partial charge in [-0.15, -0.1) is 0 Å². The van der Waals surface area contributed by atoms with Gasteiger partial charge in [-0.25, -0.2) is 0 Å². The Morgan fingerprint density at radius 1 is 1.33 bits per heavy atom. The van der Waals surface area contributed by atoms with E-state index in [9.17, 15) is 0 Å². The zero-order valence-corrected chi connectivity index (χ0v) is 9.57. The van der Waals surface area contributed by atoms with Gasteiger partial charge in [0.15, 0.2) is 0 Å². The van der Waals surface area contributed by atoms with Crippen molar-refractivity contribution >= 4 is 0 Å². The van der Waals surface area contributed by atoms with Crippen molar-refractivity contribution in [3.63, 3.8) is 0 Å². The molecule has 0 aliphatic carbocycles. The second-order valence-electron chi connectivity index (χ2n) is 4.82. The van der Waals surface area contributed by atoms with Gasteiger partial charge in [-0.05, 0) is 24.7 Å². The third-order valence-electron chi connectivity index (χ3n) is 2.84. The van der Waals surface area contributed by atoms with E-state index in [0.29, 0.717) is 11.3 Å². The van der Waals surface area contributed by atoms with Gasteiger partial charge in [0, 0.05) is 0 Å². The average molecular weight is 168 g/mol. The van der Waals surface area contributed by atoms with E-state index in [1.54, 1.807) is 0 Å². The Morgan fingerprint density at radius 3 is 2.17 bits per heavy atom. The smallest absolute Gasteiger partial charge is 0.0263 e. The molecule has 0 spiro atoms. The first-order valence-electron chi connectivity index (χ1n) is 5.05. The molecule has 0 N–H and O–H groups in total. The van der Waals surface area contributed by atoms with Crippen LogP contribution in [0.3, 0.4) is 0 Å². The fourth-order valence-corrected chi connectivity index (χ4v) is 0.817. The van der Waals surface area contributed by atoms with Crippen molar-refractivity contribution in [2.75, 3.05) is 0 Å². The molecule has 0 aliphatic rings. The summed E-state index contributed by atoms with van der Waals surface area (Å²) in [6.07, 6.45) is 4.87. The Labute approximate surface area is 78.1 Å². The molecule has 0 radical (unpaired) electrons. The summed E-state index contributed by atoms with van der Waals surface area (Å²) in [6.45, 7) is 13.7. The average Bonchev–Trinajstić information content (AvgIpc) is 2.00. The summed E-state index contributed by atoms with van der Waals surface area (Å²) < 4.78 is 0. The van der Waals surface area contributed by atoms with Crippen LogP contribution in [0.4, 0.5) is 0 Å². The van der Waals surface area contributed by atoms with Crippen molar-refractivity contribution in [2.24, 2.45) is 11.3 Å². The molecule has 0 amide bonds. The minimum absolute atomic E-state index is 0.482. The molecule has 0 aliphatic heterocycles. The lowest BCUT2D eigenvalue weighted by atomic mass is 9.85. The van der Waals surface area contributed by atoms with E-state index in [1.807, 2.05) is 0 Å². The highest BCUT2D eigenvalue weighted by Gasteiger charge is 2.12. The van der Waals surface area contributed by atoms with Crippen LogP contribution in [0.15, 0.2) is 11.6 Å². The summed E-state index contributed by atoms with van der Waals surface area (Å²) in [5, 5.41) is 0. The highest BCUT2D eigenvalue weighted by Crippen LogP contribution is 2.26. The van der Waals surface area contributed by atoms with Crippen LogP contribution < -0.4 is 0 Å². The van der Waals surface area contributed by atoms with E-state index in [0.717, 1.165) is 0 Å². The van der Waals surface area contributed by atoms with E-state index in [-0.39, 0.29) is 0 Å². The lowest BCUT2D eigenvalue weighted by Gasteiger charge is -2.21. The minimum atomic E-state index is 0.482. The Balaban J connectivity index is 4.03. The maximum atomic E-state index is 2.40. The summed E-state index contributed by atoms with van der Waals surface area (Å²) in [6, 6.07) is 0. The number of hydrogen-bond donors (Lipinski definition) is 0. The van der Waals surface area contributed by atoms with Crippen LogP contribution in [-0.4, -0.2) is 0 Å². The Hall–Kier alpha value is -0.260. The van der Waals surface area contributed by atoms with Crippen LogP contribution in [0.25, 0.3) is 0 Å². The molecule has 0 unspecified atom stereocenters. The topological polar surface area (TPSA) is 0 Å². The van der Waals surface area contributed by atoms with Crippen molar-refractivity contribution in [2.45, 2.75) is 54.4 Å². The zero-order valence-electron chi connectivity index (χ0n) is 9.57. The standard InChI is InChI=1S/C12H24/c1-7-12(5,6)9-8-11(4)10(2)3/h8,10H,7,9H2,1-6H3/b11-8+. The van der Waals surface area contributed by atoms with E-state index < -0.39 is 0 Å². The predicted octanol–water partition coefficient (Wildman–Crippen LogP) is 4.42. The SMILES string of the molecule is CCC(C)(C)C/C=C(\C)C(C)C. The first-order chi connectivity index (χ1) is 5.39. The van der Waals surface area contributed by atoms with Gasteiger partial charge in [-0.2, -0.15) is 0 Å². The van der Waals surface area contributed by atoms with Crippen molar-refractivity contribution in [3.8, 4) is 0 Å². The fourth-order valence-electron chi connectivity index (χ4n) is 0.817. The number of hydrogen-bond acceptors (Lipinski definition) is 0. The van der Waals surface area contributed by atoms with Gasteiger partial charge in [0.1, 0.15) is 0 Å². The van der Waals surface area contributed by atoms with Gasteiger partial charge in [0.25, 0.3) is 0 Å². The number of allylic oxidation sites excluding steroid dienone is 2. The zero-order chi connectivity index (χ0) is 9.78. The summed E-state index contributed by atoms with van der Waals surface area (Å²) in [7, 11) is 0. The quantitative estimate of drug-likeness (QED) is 0.545. The van der Waals surface area contributed by atoms with Crippen LogP contribution >= 0.6 is 0 Å². The van der Waals surface area contributed by atoms with Crippen LogP contribution in [0.5, 0.6) is 0 Å². The summed E-state index contributed by atoms with van der Waals surface area (Å²) in [5.74, 6) is 0.706. The third kappa shape index (κ3) is 4.58.